The summed E-state index contributed by atoms with van der Waals surface area (Å²) >= 11 is 12.6. The molecule has 1 unspecified atom stereocenters. The molecule has 1 rings (SSSR count). The van der Waals surface area contributed by atoms with Crippen molar-refractivity contribution in [2.75, 3.05) is 19.6 Å². The second kappa shape index (κ2) is 8.28. The van der Waals surface area contributed by atoms with E-state index in [9.17, 15) is 0 Å². The lowest BCUT2D eigenvalue weighted by atomic mass is 10.1. The number of benzene rings is 1. The van der Waals surface area contributed by atoms with Crippen LogP contribution in [0.2, 0.25) is 0 Å². The fourth-order valence-electron chi connectivity index (χ4n) is 1.48. The van der Waals surface area contributed by atoms with E-state index in [0.29, 0.717) is 18.4 Å². The number of ether oxygens (including phenoxy) is 2. The molecule has 0 spiro atoms. The molecule has 0 bridgehead atoms. The van der Waals surface area contributed by atoms with Crippen molar-refractivity contribution in [3.05, 3.63) is 21.1 Å². The number of hydrogen-bond donors (Lipinski definition) is 0. The van der Waals surface area contributed by atoms with Crippen molar-refractivity contribution < 1.29 is 9.47 Å². The zero-order valence-electron chi connectivity index (χ0n) is 10.5. The predicted molar refractivity (Wildman–Crippen MR) is 83.0 cm³/mol. The fraction of sp³-hybridized carbons (Fsp3) is 0.538. The van der Waals surface area contributed by atoms with Gasteiger partial charge >= 0.3 is 0 Å². The second-order valence-corrected chi connectivity index (χ2v) is 6.22. The number of hydrogen-bond acceptors (Lipinski definition) is 2. The highest BCUT2D eigenvalue weighted by Gasteiger charge is 2.09. The Balaban J connectivity index is 2.55. The Morgan fingerprint density at radius 1 is 1.17 bits per heavy atom. The minimum absolute atomic E-state index is 0.586. The monoisotopic (exact) mass is 398 g/mol. The molecule has 0 radical (unpaired) electrons. The van der Waals surface area contributed by atoms with Gasteiger partial charge in [-0.25, -0.2) is 0 Å². The minimum atomic E-state index is 0.586. The lowest BCUT2D eigenvalue weighted by Gasteiger charge is -2.13. The lowest BCUT2D eigenvalue weighted by Crippen LogP contribution is -2.05. The fourth-order valence-corrected chi connectivity index (χ4v) is 2.77. The SMILES string of the molecule is COc1cc(Br)c(OCCC(C)CCCl)cc1Br. The van der Waals surface area contributed by atoms with Crippen LogP contribution in [-0.2, 0) is 0 Å². The summed E-state index contributed by atoms with van der Waals surface area (Å²) in [5, 5.41) is 0. The van der Waals surface area contributed by atoms with Gasteiger partial charge in [0.2, 0.25) is 0 Å². The molecule has 5 heteroatoms. The summed E-state index contributed by atoms with van der Waals surface area (Å²) < 4.78 is 12.7. The largest absolute Gasteiger partial charge is 0.496 e. The van der Waals surface area contributed by atoms with Crippen LogP contribution in [0.25, 0.3) is 0 Å². The zero-order valence-corrected chi connectivity index (χ0v) is 14.4. The number of rotatable bonds is 7. The molecule has 2 nitrogen and oxygen atoms in total. The first-order chi connectivity index (χ1) is 8.58. The van der Waals surface area contributed by atoms with Gasteiger partial charge in [0.25, 0.3) is 0 Å². The van der Waals surface area contributed by atoms with Crippen LogP contribution in [0.3, 0.4) is 0 Å². The quantitative estimate of drug-likeness (QED) is 0.582. The van der Waals surface area contributed by atoms with Crippen LogP contribution in [0.4, 0.5) is 0 Å². The van der Waals surface area contributed by atoms with E-state index in [1.54, 1.807) is 7.11 Å². The smallest absolute Gasteiger partial charge is 0.134 e. The Morgan fingerprint density at radius 2 is 1.78 bits per heavy atom. The third kappa shape index (κ3) is 4.98. The summed E-state index contributed by atoms with van der Waals surface area (Å²) in [7, 11) is 1.64. The van der Waals surface area contributed by atoms with Gasteiger partial charge in [-0.15, -0.1) is 11.6 Å². The molecule has 0 aliphatic carbocycles. The topological polar surface area (TPSA) is 18.5 Å². The Labute approximate surface area is 130 Å². The first-order valence-electron chi connectivity index (χ1n) is 5.80. The van der Waals surface area contributed by atoms with E-state index in [2.05, 4.69) is 38.8 Å². The minimum Gasteiger partial charge on any atom is -0.496 e. The van der Waals surface area contributed by atoms with Crippen LogP contribution >= 0.6 is 43.5 Å². The molecule has 0 saturated carbocycles. The highest BCUT2D eigenvalue weighted by molar-refractivity contribution is 9.11. The van der Waals surface area contributed by atoms with Crippen molar-refractivity contribution in [1.29, 1.82) is 0 Å². The molecule has 0 fully saturated rings. The van der Waals surface area contributed by atoms with Crippen LogP contribution in [0, 0.1) is 5.92 Å². The molecule has 18 heavy (non-hydrogen) atoms. The highest BCUT2D eigenvalue weighted by atomic mass is 79.9. The van der Waals surface area contributed by atoms with Crippen molar-refractivity contribution in [3.63, 3.8) is 0 Å². The Kier molecular flexibility index (Phi) is 7.42. The van der Waals surface area contributed by atoms with E-state index < -0.39 is 0 Å². The summed E-state index contributed by atoms with van der Waals surface area (Å²) in [5.74, 6) is 2.90. The standard InChI is InChI=1S/C13H17Br2ClO2/c1-9(3-5-16)4-6-18-13-8-10(14)12(17-2)7-11(13)15/h7-9H,3-6H2,1-2H3. The second-order valence-electron chi connectivity index (χ2n) is 4.14. The molecular weight excluding hydrogens is 383 g/mol. The molecule has 0 N–H and O–H groups in total. The summed E-state index contributed by atoms with van der Waals surface area (Å²) in [6.45, 7) is 2.88. The molecule has 102 valence electrons. The van der Waals surface area contributed by atoms with E-state index in [1.807, 2.05) is 12.1 Å². The Hall–Kier alpha value is 0.0700. The Bertz CT molecular complexity index is 385. The molecular formula is C13H17Br2ClO2. The van der Waals surface area contributed by atoms with Gasteiger partial charge in [0.15, 0.2) is 0 Å². The van der Waals surface area contributed by atoms with Crippen LogP contribution in [0.5, 0.6) is 11.5 Å². The van der Waals surface area contributed by atoms with E-state index in [0.717, 1.165) is 33.3 Å². The summed E-state index contributed by atoms with van der Waals surface area (Å²) in [6.07, 6.45) is 2.03. The van der Waals surface area contributed by atoms with Crippen LogP contribution in [0.1, 0.15) is 19.8 Å². The third-order valence-corrected chi connectivity index (χ3v) is 4.13. The number of halogens is 3. The van der Waals surface area contributed by atoms with Gasteiger partial charge in [-0.05, 0) is 62.8 Å². The molecule has 0 aliphatic rings. The molecule has 0 saturated heterocycles. The van der Waals surface area contributed by atoms with E-state index in [1.165, 1.54) is 0 Å². The average molecular weight is 401 g/mol. The highest BCUT2D eigenvalue weighted by Crippen LogP contribution is 2.36. The van der Waals surface area contributed by atoms with Crippen molar-refractivity contribution in [3.8, 4) is 11.5 Å². The van der Waals surface area contributed by atoms with Gasteiger partial charge in [-0.2, -0.15) is 0 Å². The molecule has 0 aliphatic heterocycles. The van der Waals surface area contributed by atoms with Crippen LogP contribution < -0.4 is 9.47 Å². The average Bonchev–Trinajstić information content (AvgIpc) is 2.33. The first-order valence-corrected chi connectivity index (χ1v) is 7.92. The zero-order chi connectivity index (χ0) is 13.5. The Morgan fingerprint density at radius 3 is 2.39 bits per heavy atom. The first kappa shape index (κ1) is 16.1. The number of alkyl halides is 1. The maximum Gasteiger partial charge on any atom is 0.134 e. The normalized spacial score (nSPS) is 12.3. The maximum absolute atomic E-state index is 5.76. The van der Waals surface area contributed by atoms with Gasteiger partial charge in [0, 0.05) is 5.88 Å². The van der Waals surface area contributed by atoms with Crippen molar-refractivity contribution >= 4 is 43.5 Å². The van der Waals surface area contributed by atoms with Gasteiger partial charge in [0.05, 0.1) is 22.7 Å². The predicted octanol–water partition coefficient (Wildman–Crippen LogP) is 5.25. The van der Waals surface area contributed by atoms with Gasteiger partial charge in [-0.1, -0.05) is 6.92 Å². The molecule has 1 atom stereocenters. The van der Waals surface area contributed by atoms with Crippen molar-refractivity contribution in [2.24, 2.45) is 5.92 Å². The molecule has 0 aromatic heterocycles. The van der Waals surface area contributed by atoms with E-state index in [-0.39, 0.29) is 0 Å². The summed E-state index contributed by atoms with van der Waals surface area (Å²) in [4.78, 5) is 0. The van der Waals surface area contributed by atoms with Gasteiger partial charge in [0.1, 0.15) is 11.5 Å². The van der Waals surface area contributed by atoms with Crippen molar-refractivity contribution in [1.82, 2.24) is 0 Å². The van der Waals surface area contributed by atoms with Gasteiger partial charge in [-0.3, -0.25) is 0 Å². The van der Waals surface area contributed by atoms with Crippen LogP contribution in [-0.4, -0.2) is 19.6 Å². The molecule has 0 amide bonds. The molecule has 1 aromatic rings. The lowest BCUT2D eigenvalue weighted by molar-refractivity contribution is 0.280. The molecule has 1 aromatic carbocycles. The third-order valence-electron chi connectivity index (χ3n) is 2.68. The maximum atomic E-state index is 5.76. The van der Waals surface area contributed by atoms with Gasteiger partial charge < -0.3 is 9.47 Å². The van der Waals surface area contributed by atoms with E-state index in [4.69, 9.17) is 21.1 Å². The summed E-state index contributed by atoms with van der Waals surface area (Å²) in [5.41, 5.74) is 0. The molecule has 0 heterocycles. The number of methoxy groups -OCH3 is 1. The van der Waals surface area contributed by atoms with Crippen molar-refractivity contribution in [2.45, 2.75) is 19.8 Å². The van der Waals surface area contributed by atoms with E-state index >= 15 is 0 Å². The summed E-state index contributed by atoms with van der Waals surface area (Å²) in [6, 6.07) is 3.80. The van der Waals surface area contributed by atoms with Crippen LogP contribution in [0.15, 0.2) is 21.1 Å².